The van der Waals surface area contributed by atoms with Gasteiger partial charge in [0.05, 0.1) is 11.3 Å². The predicted molar refractivity (Wildman–Crippen MR) is 73.6 cm³/mol. The average molecular weight is 272 g/mol. The summed E-state index contributed by atoms with van der Waals surface area (Å²) in [5, 5.41) is 2.81. The molecule has 104 valence electrons. The summed E-state index contributed by atoms with van der Waals surface area (Å²) in [5.74, 6) is -0.771. The molecule has 0 atom stereocenters. The van der Waals surface area contributed by atoms with E-state index in [2.05, 4.69) is 5.32 Å². The van der Waals surface area contributed by atoms with Crippen molar-refractivity contribution in [1.29, 1.82) is 0 Å². The number of hydrogen-bond acceptors (Lipinski definition) is 3. The molecule has 1 aromatic carbocycles. The number of para-hydroxylation sites is 1. The maximum absolute atomic E-state index is 12.0. The minimum absolute atomic E-state index is 0.0881. The lowest BCUT2D eigenvalue weighted by Crippen LogP contribution is -2.40. The second-order valence-electron chi connectivity index (χ2n) is 5.44. The molecular formula is C15H16N2O3. The summed E-state index contributed by atoms with van der Waals surface area (Å²) in [6.45, 7) is 2.41. The fourth-order valence-corrected chi connectivity index (χ4v) is 2.47. The number of nitrogens with zero attached hydrogens (tertiary/aromatic N) is 1. The van der Waals surface area contributed by atoms with E-state index in [4.69, 9.17) is 0 Å². The van der Waals surface area contributed by atoms with E-state index in [1.807, 2.05) is 13.0 Å². The molecule has 0 unspecified atom stereocenters. The maximum Gasteiger partial charge on any atom is 0.299 e. The van der Waals surface area contributed by atoms with Crippen molar-refractivity contribution in [3.8, 4) is 0 Å². The van der Waals surface area contributed by atoms with E-state index in [0.717, 1.165) is 18.4 Å². The second-order valence-corrected chi connectivity index (χ2v) is 5.44. The molecule has 0 saturated heterocycles. The van der Waals surface area contributed by atoms with Gasteiger partial charge in [-0.2, -0.15) is 0 Å². The van der Waals surface area contributed by atoms with Gasteiger partial charge in [0.2, 0.25) is 5.91 Å². The zero-order valence-electron chi connectivity index (χ0n) is 11.3. The highest BCUT2D eigenvalue weighted by molar-refractivity contribution is 6.52. The standard InChI is InChI=1S/C15H16N2O3/c1-9-3-2-4-11-13(9)17(15(20)14(11)19)8-12(18)16-7-10-5-6-10/h2-4,10H,5-8H2,1H3,(H,16,18). The zero-order valence-corrected chi connectivity index (χ0v) is 11.3. The second kappa shape index (κ2) is 4.74. The maximum atomic E-state index is 12.0. The van der Waals surface area contributed by atoms with Crippen LogP contribution in [0.3, 0.4) is 0 Å². The number of carbonyl (C=O) groups is 3. The SMILES string of the molecule is Cc1cccc2c1N(CC(=O)NCC1CC1)C(=O)C2=O. The molecule has 1 saturated carbocycles. The third-order valence-corrected chi connectivity index (χ3v) is 3.78. The summed E-state index contributed by atoms with van der Waals surface area (Å²) in [6, 6.07) is 5.21. The molecule has 3 rings (SSSR count). The average Bonchev–Trinajstić information content (AvgIpc) is 3.22. The van der Waals surface area contributed by atoms with Gasteiger partial charge < -0.3 is 5.32 Å². The fourth-order valence-electron chi connectivity index (χ4n) is 2.47. The number of anilines is 1. The first-order valence-corrected chi connectivity index (χ1v) is 6.80. The lowest BCUT2D eigenvalue weighted by atomic mass is 10.1. The van der Waals surface area contributed by atoms with Crippen LogP contribution in [0, 0.1) is 12.8 Å². The summed E-state index contributed by atoms with van der Waals surface area (Å²) in [6.07, 6.45) is 2.31. The quantitative estimate of drug-likeness (QED) is 0.833. The Morgan fingerprint density at radius 2 is 2.10 bits per heavy atom. The molecule has 2 aliphatic rings. The Hall–Kier alpha value is -2.17. The van der Waals surface area contributed by atoms with Crippen LogP contribution < -0.4 is 10.2 Å². The summed E-state index contributed by atoms with van der Waals surface area (Å²) in [7, 11) is 0. The Morgan fingerprint density at radius 3 is 2.80 bits per heavy atom. The Morgan fingerprint density at radius 1 is 1.35 bits per heavy atom. The molecule has 20 heavy (non-hydrogen) atoms. The molecule has 0 radical (unpaired) electrons. The van der Waals surface area contributed by atoms with Gasteiger partial charge in [0.25, 0.3) is 11.7 Å². The topological polar surface area (TPSA) is 66.5 Å². The third kappa shape index (κ3) is 2.19. The largest absolute Gasteiger partial charge is 0.354 e. The van der Waals surface area contributed by atoms with Crippen LogP contribution in [0.15, 0.2) is 18.2 Å². The molecule has 1 aliphatic carbocycles. The minimum atomic E-state index is -0.615. The first-order chi connectivity index (χ1) is 9.58. The molecule has 1 fully saturated rings. The normalized spacial score (nSPS) is 17.4. The number of fused-ring (bicyclic) bond motifs is 1. The number of ketones is 1. The van der Waals surface area contributed by atoms with Crippen LogP contribution in [0.4, 0.5) is 5.69 Å². The molecule has 1 aromatic rings. The highest BCUT2D eigenvalue weighted by Crippen LogP contribution is 2.32. The van der Waals surface area contributed by atoms with E-state index in [1.165, 1.54) is 4.90 Å². The summed E-state index contributed by atoms with van der Waals surface area (Å²) >= 11 is 0. The minimum Gasteiger partial charge on any atom is -0.354 e. The Bertz CT molecular complexity index is 605. The molecule has 0 spiro atoms. The van der Waals surface area contributed by atoms with Crippen molar-refractivity contribution in [2.24, 2.45) is 5.92 Å². The zero-order chi connectivity index (χ0) is 14.3. The molecule has 0 bridgehead atoms. The number of hydrogen-bond donors (Lipinski definition) is 1. The number of carbonyl (C=O) groups excluding carboxylic acids is 3. The van der Waals surface area contributed by atoms with E-state index >= 15 is 0 Å². The number of aryl methyl sites for hydroxylation is 1. The van der Waals surface area contributed by atoms with Gasteiger partial charge in [-0.1, -0.05) is 12.1 Å². The Kier molecular flexibility index (Phi) is 3.04. The Balaban J connectivity index is 1.77. The van der Waals surface area contributed by atoms with Crippen molar-refractivity contribution >= 4 is 23.3 Å². The molecule has 5 heteroatoms. The van der Waals surface area contributed by atoms with Crippen molar-refractivity contribution in [2.45, 2.75) is 19.8 Å². The summed E-state index contributed by atoms with van der Waals surface area (Å²) < 4.78 is 0. The number of nitrogens with one attached hydrogen (secondary N) is 1. The van der Waals surface area contributed by atoms with Gasteiger partial charge in [-0.25, -0.2) is 0 Å². The number of Topliss-reactive ketones (excluding diaryl/α,β-unsaturated/α-hetero) is 1. The van der Waals surface area contributed by atoms with Crippen LogP contribution in [-0.4, -0.2) is 30.7 Å². The van der Waals surface area contributed by atoms with E-state index in [0.29, 0.717) is 23.7 Å². The highest BCUT2D eigenvalue weighted by Gasteiger charge is 2.37. The van der Waals surface area contributed by atoms with E-state index in [1.54, 1.807) is 12.1 Å². The molecule has 1 N–H and O–H groups in total. The van der Waals surface area contributed by atoms with Crippen LogP contribution in [0.5, 0.6) is 0 Å². The van der Waals surface area contributed by atoms with Gasteiger partial charge >= 0.3 is 0 Å². The Labute approximate surface area is 116 Å². The van der Waals surface area contributed by atoms with Crippen LogP contribution in [0.25, 0.3) is 0 Å². The van der Waals surface area contributed by atoms with Gasteiger partial charge in [0.1, 0.15) is 6.54 Å². The fraction of sp³-hybridized carbons (Fsp3) is 0.400. The van der Waals surface area contributed by atoms with Crippen molar-refractivity contribution < 1.29 is 14.4 Å². The first kappa shape index (κ1) is 12.8. The lowest BCUT2D eigenvalue weighted by Gasteiger charge is -2.17. The van der Waals surface area contributed by atoms with Gasteiger partial charge in [-0.15, -0.1) is 0 Å². The molecule has 5 nitrogen and oxygen atoms in total. The molecular weight excluding hydrogens is 256 g/mol. The molecule has 1 aliphatic heterocycles. The highest BCUT2D eigenvalue weighted by atomic mass is 16.2. The monoisotopic (exact) mass is 272 g/mol. The van der Waals surface area contributed by atoms with Gasteiger partial charge in [0, 0.05) is 6.54 Å². The van der Waals surface area contributed by atoms with Crippen LogP contribution in [0.1, 0.15) is 28.8 Å². The van der Waals surface area contributed by atoms with E-state index < -0.39 is 11.7 Å². The summed E-state index contributed by atoms with van der Waals surface area (Å²) in [5.41, 5.74) is 1.80. The van der Waals surface area contributed by atoms with Crippen molar-refractivity contribution in [1.82, 2.24) is 5.32 Å². The number of rotatable bonds is 4. The third-order valence-electron chi connectivity index (χ3n) is 3.78. The van der Waals surface area contributed by atoms with Crippen LogP contribution in [-0.2, 0) is 9.59 Å². The molecule has 1 heterocycles. The number of amides is 2. The molecule has 2 amide bonds. The lowest BCUT2D eigenvalue weighted by molar-refractivity contribution is -0.122. The van der Waals surface area contributed by atoms with Gasteiger partial charge in [0.15, 0.2) is 0 Å². The number of benzene rings is 1. The van der Waals surface area contributed by atoms with Crippen LogP contribution in [0.2, 0.25) is 0 Å². The first-order valence-electron chi connectivity index (χ1n) is 6.80. The van der Waals surface area contributed by atoms with Crippen molar-refractivity contribution in [3.63, 3.8) is 0 Å². The van der Waals surface area contributed by atoms with Gasteiger partial charge in [-0.3, -0.25) is 19.3 Å². The smallest absolute Gasteiger partial charge is 0.299 e. The summed E-state index contributed by atoms with van der Waals surface area (Å²) in [4.78, 5) is 37.1. The predicted octanol–water partition coefficient (Wildman–Crippen LogP) is 1.05. The molecule has 0 aromatic heterocycles. The van der Waals surface area contributed by atoms with E-state index in [-0.39, 0.29) is 12.5 Å². The van der Waals surface area contributed by atoms with Crippen LogP contribution >= 0.6 is 0 Å². The van der Waals surface area contributed by atoms with Gasteiger partial charge in [-0.05, 0) is 37.3 Å². The van der Waals surface area contributed by atoms with Crippen molar-refractivity contribution in [3.05, 3.63) is 29.3 Å². The van der Waals surface area contributed by atoms with E-state index in [9.17, 15) is 14.4 Å². The van der Waals surface area contributed by atoms with Crippen molar-refractivity contribution in [2.75, 3.05) is 18.0 Å².